The zero-order valence-corrected chi connectivity index (χ0v) is 29.1. The molecule has 1 aliphatic rings. The number of rotatable bonds is 5. The van der Waals surface area contributed by atoms with Gasteiger partial charge in [0.2, 0.25) is 0 Å². The predicted molar refractivity (Wildman–Crippen MR) is 219 cm³/mol. The van der Waals surface area contributed by atoms with Crippen molar-refractivity contribution in [2.45, 2.75) is 12.3 Å². The van der Waals surface area contributed by atoms with Crippen molar-refractivity contribution in [1.29, 1.82) is 0 Å². The summed E-state index contributed by atoms with van der Waals surface area (Å²) in [5, 5.41) is 6.60. The van der Waals surface area contributed by atoms with Crippen LogP contribution in [0.15, 0.2) is 179 Å². The first-order chi connectivity index (χ1) is 26.7. The number of hydrogen-bond acceptors (Lipinski definition) is 5. The number of allylic oxidation sites excluding steroid dienone is 4. The van der Waals surface area contributed by atoms with Crippen LogP contribution in [0.25, 0.3) is 94.1 Å². The molecule has 0 aliphatic heterocycles. The second-order valence-electron chi connectivity index (χ2n) is 13.9. The van der Waals surface area contributed by atoms with Gasteiger partial charge in [-0.25, -0.2) is 15.0 Å². The molecule has 0 bridgehead atoms. The highest BCUT2D eigenvalue weighted by Gasteiger charge is 2.22. The van der Waals surface area contributed by atoms with Gasteiger partial charge >= 0.3 is 0 Å². The summed E-state index contributed by atoms with van der Waals surface area (Å²) in [7, 11) is 0. The van der Waals surface area contributed by atoms with E-state index in [9.17, 15) is 0 Å². The van der Waals surface area contributed by atoms with Gasteiger partial charge in [-0.1, -0.05) is 133 Å². The smallest absolute Gasteiger partial charge is 0.167 e. The molecule has 0 N–H and O–H groups in total. The lowest BCUT2D eigenvalue weighted by atomic mass is 9.88. The third-order valence-electron chi connectivity index (χ3n) is 10.7. The standard InChI is InChI=1S/C49H31N3O2/c1-2-11-30(12-3-1)31-13-8-14-35(28-31)47-50-48(52-49(51-47)41-19-9-18-39-38-15-4-6-20-42(38)54-46(39)41)36-26-24-32-27-34(25-23-33(32)29-36)37-17-10-22-44-45(37)40-16-5-7-21-43(40)53-44/h1-27,29,31H,28H2. The van der Waals surface area contributed by atoms with E-state index in [1.165, 1.54) is 5.56 Å². The van der Waals surface area contributed by atoms with Crippen molar-refractivity contribution in [2.24, 2.45) is 0 Å². The molecule has 0 spiro atoms. The summed E-state index contributed by atoms with van der Waals surface area (Å²) >= 11 is 0. The molecule has 10 aromatic rings. The minimum atomic E-state index is 0.231. The van der Waals surface area contributed by atoms with Crippen LogP contribution in [0.3, 0.4) is 0 Å². The Morgan fingerprint density at radius 1 is 0.481 bits per heavy atom. The first-order valence-electron chi connectivity index (χ1n) is 18.3. The van der Waals surface area contributed by atoms with Gasteiger partial charge in [0, 0.05) is 33.0 Å². The van der Waals surface area contributed by atoms with E-state index in [4.69, 9.17) is 23.8 Å². The average molecular weight is 694 g/mol. The van der Waals surface area contributed by atoms with Crippen molar-refractivity contribution in [3.05, 3.63) is 181 Å². The molecule has 0 radical (unpaired) electrons. The van der Waals surface area contributed by atoms with E-state index < -0.39 is 0 Å². The van der Waals surface area contributed by atoms with Gasteiger partial charge in [-0.3, -0.25) is 0 Å². The molecule has 3 heterocycles. The number of aromatic nitrogens is 3. The van der Waals surface area contributed by atoms with Gasteiger partial charge in [0.25, 0.3) is 0 Å². The number of furan rings is 2. The quantitative estimate of drug-likeness (QED) is 0.179. The van der Waals surface area contributed by atoms with E-state index in [2.05, 4.69) is 127 Å². The van der Waals surface area contributed by atoms with E-state index in [0.29, 0.717) is 17.5 Å². The summed E-state index contributed by atoms with van der Waals surface area (Å²) in [6.45, 7) is 0. The largest absolute Gasteiger partial charge is 0.456 e. The Morgan fingerprint density at radius 2 is 1.13 bits per heavy atom. The van der Waals surface area contributed by atoms with Crippen LogP contribution in [0, 0.1) is 0 Å². The van der Waals surface area contributed by atoms with Crippen LogP contribution < -0.4 is 0 Å². The van der Waals surface area contributed by atoms with Crippen LogP contribution in [-0.2, 0) is 0 Å². The fourth-order valence-electron chi connectivity index (χ4n) is 8.03. The Morgan fingerprint density at radius 3 is 2.00 bits per heavy atom. The highest BCUT2D eigenvalue weighted by Crippen LogP contribution is 2.40. The monoisotopic (exact) mass is 693 g/mol. The van der Waals surface area contributed by atoms with E-state index in [1.54, 1.807) is 0 Å². The molecule has 5 nitrogen and oxygen atoms in total. The summed E-state index contributed by atoms with van der Waals surface area (Å²) in [5.74, 6) is 2.11. The molecule has 5 heteroatoms. The van der Waals surface area contributed by atoms with Crippen LogP contribution >= 0.6 is 0 Å². The molecule has 1 atom stereocenters. The van der Waals surface area contributed by atoms with Crippen molar-refractivity contribution < 1.29 is 8.83 Å². The topological polar surface area (TPSA) is 65.0 Å². The van der Waals surface area contributed by atoms with E-state index in [1.807, 2.05) is 42.5 Å². The van der Waals surface area contributed by atoms with Gasteiger partial charge < -0.3 is 8.83 Å². The van der Waals surface area contributed by atoms with Crippen LogP contribution in [0.1, 0.15) is 23.7 Å². The number of hydrogen-bond donors (Lipinski definition) is 0. The molecule has 1 unspecified atom stereocenters. The van der Waals surface area contributed by atoms with Gasteiger partial charge in [-0.2, -0.15) is 0 Å². The number of nitrogens with zero attached hydrogens (tertiary/aromatic N) is 3. The third-order valence-corrected chi connectivity index (χ3v) is 10.7. The number of fused-ring (bicyclic) bond motifs is 7. The first-order valence-corrected chi connectivity index (χ1v) is 18.3. The Labute approximate surface area is 310 Å². The SMILES string of the molecule is C1=CC(c2ccccc2)CC(c2nc(-c3ccc4cc(-c5cccc6oc7ccccc7c56)ccc4c3)nc(-c3cccc4c3oc3ccccc34)n2)=C1. The molecular weight excluding hydrogens is 663 g/mol. The van der Waals surface area contributed by atoms with Gasteiger partial charge in [0.15, 0.2) is 17.5 Å². The number of benzene rings is 7. The lowest BCUT2D eigenvalue weighted by Gasteiger charge is -2.19. The van der Waals surface area contributed by atoms with Gasteiger partial charge in [0.1, 0.15) is 22.3 Å². The Balaban J connectivity index is 1.04. The lowest BCUT2D eigenvalue weighted by molar-refractivity contribution is 0.669. The molecule has 0 amide bonds. The molecule has 3 aromatic heterocycles. The van der Waals surface area contributed by atoms with Crippen LogP contribution in [-0.4, -0.2) is 15.0 Å². The number of para-hydroxylation sites is 3. The predicted octanol–water partition coefficient (Wildman–Crippen LogP) is 13.0. The maximum atomic E-state index is 6.46. The molecule has 7 aromatic carbocycles. The molecule has 1 aliphatic carbocycles. The molecule has 0 saturated heterocycles. The van der Waals surface area contributed by atoms with Crippen LogP contribution in [0.5, 0.6) is 0 Å². The van der Waals surface area contributed by atoms with Gasteiger partial charge in [0.05, 0.1) is 5.56 Å². The third kappa shape index (κ3) is 5.05. The summed E-state index contributed by atoms with van der Waals surface area (Å²) in [4.78, 5) is 15.5. The minimum Gasteiger partial charge on any atom is -0.456 e. The molecule has 11 rings (SSSR count). The molecule has 0 fully saturated rings. The maximum absolute atomic E-state index is 6.46. The first kappa shape index (κ1) is 30.5. The zero-order valence-electron chi connectivity index (χ0n) is 29.1. The zero-order chi connectivity index (χ0) is 35.6. The summed E-state index contributed by atoms with van der Waals surface area (Å²) < 4.78 is 12.7. The summed E-state index contributed by atoms with van der Waals surface area (Å²) in [6.07, 6.45) is 7.30. The van der Waals surface area contributed by atoms with Gasteiger partial charge in [-0.05, 0) is 75.9 Å². The van der Waals surface area contributed by atoms with Crippen molar-refractivity contribution in [2.75, 3.05) is 0 Å². The Hall–Kier alpha value is -7.11. The lowest BCUT2D eigenvalue weighted by Crippen LogP contribution is -2.07. The maximum Gasteiger partial charge on any atom is 0.167 e. The summed E-state index contributed by atoms with van der Waals surface area (Å²) in [6, 6.07) is 52.6. The molecule has 254 valence electrons. The minimum absolute atomic E-state index is 0.231. The summed E-state index contributed by atoms with van der Waals surface area (Å²) in [5.41, 5.74) is 9.79. The average Bonchev–Trinajstić information content (AvgIpc) is 3.82. The normalized spacial score (nSPS) is 14.4. The fourth-order valence-corrected chi connectivity index (χ4v) is 8.03. The Kier molecular flexibility index (Phi) is 6.92. The molecular formula is C49H31N3O2. The Bertz CT molecular complexity index is 3150. The highest BCUT2D eigenvalue weighted by atomic mass is 16.3. The van der Waals surface area contributed by atoms with Crippen molar-refractivity contribution >= 4 is 60.2 Å². The molecule has 0 saturated carbocycles. The second-order valence-corrected chi connectivity index (χ2v) is 13.9. The highest BCUT2D eigenvalue weighted by molar-refractivity contribution is 6.13. The molecule has 54 heavy (non-hydrogen) atoms. The van der Waals surface area contributed by atoms with E-state index in [0.717, 1.165) is 88.9 Å². The van der Waals surface area contributed by atoms with Crippen molar-refractivity contribution in [3.8, 4) is 33.9 Å². The fraction of sp³-hybridized carbons (Fsp3) is 0.0408. The second kappa shape index (κ2) is 12.2. The van der Waals surface area contributed by atoms with E-state index >= 15 is 0 Å². The van der Waals surface area contributed by atoms with Crippen LogP contribution in [0.2, 0.25) is 0 Å². The van der Waals surface area contributed by atoms with Crippen LogP contribution in [0.4, 0.5) is 0 Å². The van der Waals surface area contributed by atoms with Crippen molar-refractivity contribution in [1.82, 2.24) is 15.0 Å². The van der Waals surface area contributed by atoms with Crippen molar-refractivity contribution in [3.63, 3.8) is 0 Å². The van der Waals surface area contributed by atoms with Gasteiger partial charge in [-0.15, -0.1) is 0 Å². The van der Waals surface area contributed by atoms with E-state index in [-0.39, 0.29) is 5.92 Å².